The van der Waals surface area contributed by atoms with Gasteiger partial charge in [-0.05, 0) is 60.9 Å². The molecule has 2 N–H and O–H groups in total. The summed E-state index contributed by atoms with van der Waals surface area (Å²) in [5.74, 6) is 1.24. The Bertz CT molecular complexity index is 1500. The summed E-state index contributed by atoms with van der Waals surface area (Å²) in [6.07, 6.45) is 5.49. The quantitative estimate of drug-likeness (QED) is 0.270. The highest BCUT2D eigenvalue weighted by atomic mass is 16.6. The van der Waals surface area contributed by atoms with E-state index in [2.05, 4.69) is 25.6 Å². The fourth-order valence-electron chi connectivity index (χ4n) is 4.13. The molecule has 2 aliphatic heterocycles. The van der Waals surface area contributed by atoms with Crippen molar-refractivity contribution in [3.05, 3.63) is 94.4 Å². The summed E-state index contributed by atoms with van der Waals surface area (Å²) in [6, 6.07) is 15.1. The molecule has 1 amide bonds. The van der Waals surface area contributed by atoms with Crippen molar-refractivity contribution in [3.63, 3.8) is 0 Å². The highest BCUT2D eigenvalue weighted by Gasteiger charge is 2.20. The van der Waals surface area contributed by atoms with E-state index in [9.17, 15) is 14.9 Å². The number of rotatable bonds is 3. The third-order valence-corrected chi connectivity index (χ3v) is 6.15. The first-order chi connectivity index (χ1) is 19.0. The van der Waals surface area contributed by atoms with E-state index in [-0.39, 0.29) is 34.6 Å². The van der Waals surface area contributed by atoms with Crippen molar-refractivity contribution in [2.45, 2.75) is 20.0 Å². The lowest BCUT2D eigenvalue weighted by Gasteiger charge is -2.16. The summed E-state index contributed by atoms with van der Waals surface area (Å²) < 4.78 is 12.1. The van der Waals surface area contributed by atoms with Gasteiger partial charge in [0.05, 0.1) is 29.0 Å². The van der Waals surface area contributed by atoms with Crippen molar-refractivity contribution in [1.82, 2.24) is 20.3 Å². The molecular weight excluding hydrogens is 500 g/mol. The molecule has 6 bridgehead atoms. The van der Waals surface area contributed by atoms with Gasteiger partial charge in [-0.1, -0.05) is 6.92 Å². The lowest BCUT2D eigenvalue weighted by molar-refractivity contribution is -0.384. The third kappa shape index (κ3) is 6.33. The minimum absolute atomic E-state index is 0.156. The average molecular weight is 527 g/mol. The van der Waals surface area contributed by atoms with E-state index < -0.39 is 4.92 Å². The largest absolute Gasteiger partial charge is 0.455 e. The maximum atomic E-state index is 12.7. The number of pyridine rings is 1. The van der Waals surface area contributed by atoms with Crippen LogP contribution < -0.4 is 15.4 Å². The predicted octanol–water partition coefficient (Wildman–Crippen LogP) is 5.27. The van der Waals surface area contributed by atoms with E-state index in [1.807, 2.05) is 31.2 Å². The van der Waals surface area contributed by atoms with E-state index in [4.69, 9.17) is 9.47 Å². The number of nitrogens with zero attached hydrogens (tertiary/aromatic N) is 4. The van der Waals surface area contributed by atoms with Crippen LogP contribution in [0.15, 0.2) is 73.2 Å². The smallest absolute Gasteiger partial charge is 0.279 e. The minimum atomic E-state index is -0.517. The normalized spacial score (nSPS) is 15.7. The van der Waals surface area contributed by atoms with Crippen LogP contribution in [0.5, 0.6) is 11.5 Å². The van der Waals surface area contributed by atoms with E-state index >= 15 is 0 Å². The second kappa shape index (κ2) is 11.7. The summed E-state index contributed by atoms with van der Waals surface area (Å²) in [4.78, 5) is 36.9. The predicted molar refractivity (Wildman–Crippen MR) is 144 cm³/mol. The lowest BCUT2D eigenvalue weighted by Crippen LogP contribution is -2.26. The van der Waals surface area contributed by atoms with Gasteiger partial charge in [-0.2, -0.15) is 0 Å². The van der Waals surface area contributed by atoms with Crippen molar-refractivity contribution >= 4 is 23.2 Å². The Labute approximate surface area is 224 Å². The standard InChI is InChI=1S/C28H26N6O5/c1-18-8-11-30-27(35)19-4-6-23(25(14-19)34(36)37)24-9-12-31-28(33-24)32-21-5-7-26(20(13-21)17-38-16-18)39-22-3-2-10-29-15-22/h2-7,9-10,12-15,18H,8,11,16-17H2,1H3,(H,30,35)(H,31,32,33). The molecule has 0 fully saturated rings. The Morgan fingerprint density at radius 3 is 2.85 bits per heavy atom. The molecule has 2 aromatic carbocycles. The fraction of sp³-hybridized carbons (Fsp3) is 0.214. The Balaban J connectivity index is 1.52. The molecule has 0 aliphatic carbocycles. The molecule has 1 unspecified atom stereocenters. The SMILES string of the molecule is CC1CCNC(=O)c2ccc(c([N+](=O)[O-])c2)-c2ccnc(n2)Nc2ccc(Oc3cccnc3)c(c2)COC1. The van der Waals surface area contributed by atoms with Crippen LogP contribution >= 0.6 is 0 Å². The van der Waals surface area contributed by atoms with Gasteiger partial charge >= 0.3 is 0 Å². The van der Waals surface area contributed by atoms with Crippen LogP contribution in [0, 0.1) is 16.0 Å². The number of carbonyl (C=O) groups excluding carboxylic acids is 1. The summed E-state index contributed by atoms with van der Waals surface area (Å²) >= 11 is 0. The maximum Gasteiger partial charge on any atom is 0.279 e. The molecule has 2 aliphatic rings. The topological polar surface area (TPSA) is 141 Å². The molecule has 0 spiro atoms. The number of aromatic nitrogens is 3. The van der Waals surface area contributed by atoms with Gasteiger partial charge in [0.25, 0.3) is 11.6 Å². The molecule has 39 heavy (non-hydrogen) atoms. The number of hydrogen-bond acceptors (Lipinski definition) is 9. The Morgan fingerprint density at radius 2 is 2.03 bits per heavy atom. The molecule has 6 rings (SSSR count). The van der Waals surface area contributed by atoms with Crippen LogP contribution in [-0.4, -0.2) is 38.9 Å². The van der Waals surface area contributed by atoms with Crippen LogP contribution in [0.4, 0.5) is 17.3 Å². The Morgan fingerprint density at radius 1 is 1.13 bits per heavy atom. The van der Waals surface area contributed by atoms with Crippen molar-refractivity contribution < 1.29 is 19.2 Å². The summed E-state index contributed by atoms with van der Waals surface area (Å²) in [5, 5.41) is 17.9. The van der Waals surface area contributed by atoms with Crippen molar-refractivity contribution in [1.29, 1.82) is 0 Å². The van der Waals surface area contributed by atoms with Crippen LogP contribution in [0.2, 0.25) is 0 Å². The summed E-state index contributed by atoms with van der Waals surface area (Å²) in [5.41, 5.74) is 2.10. The van der Waals surface area contributed by atoms with Gasteiger partial charge in [-0.3, -0.25) is 19.9 Å². The Hall–Kier alpha value is -4.90. The van der Waals surface area contributed by atoms with Gasteiger partial charge < -0.3 is 20.1 Å². The number of anilines is 2. The first-order valence-corrected chi connectivity index (χ1v) is 12.4. The highest BCUT2D eigenvalue weighted by molar-refractivity contribution is 5.96. The van der Waals surface area contributed by atoms with E-state index in [1.54, 1.807) is 30.6 Å². The number of ether oxygens (including phenoxy) is 2. The molecule has 1 atom stereocenters. The zero-order valence-electron chi connectivity index (χ0n) is 21.2. The maximum absolute atomic E-state index is 12.7. The van der Waals surface area contributed by atoms with E-state index in [0.717, 1.165) is 5.56 Å². The first-order valence-electron chi connectivity index (χ1n) is 12.4. The number of fused-ring (bicyclic) bond motifs is 9. The lowest BCUT2D eigenvalue weighted by atomic mass is 10.1. The Kier molecular flexibility index (Phi) is 7.69. The fourth-order valence-corrected chi connectivity index (χ4v) is 4.13. The molecular formula is C28H26N6O5. The molecule has 0 saturated carbocycles. The summed E-state index contributed by atoms with van der Waals surface area (Å²) in [7, 11) is 0. The molecule has 4 aromatic rings. The van der Waals surface area contributed by atoms with Crippen molar-refractivity contribution in [3.8, 4) is 22.8 Å². The zero-order valence-corrected chi connectivity index (χ0v) is 21.2. The van der Waals surface area contributed by atoms with Crippen LogP contribution in [0.25, 0.3) is 11.3 Å². The van der Waals surface area contributed by atoms with Crippen LogP contribution in [-0.2, 0) is 11.3 Å². The number of nitro benzene ring substituents is 1. The molecule has 0 saturated heterocycles. The molecule has 4 heterocycles. The number of nitrogens with one attached hydrogen (secondary N) is 2. The number of benzene rings is 2. The van der Waals surface area contributed by atoms with Gasteiger partial charge in [-0.25, -0.2) is 9.97 Å². The number of nitro groups is 1. The van der Waals surface area contributed by atoms with Crippen LogP contribution in [0.3, 0.4) is 0 Å². The zero-order chi connectivity index (χ0) is 27.2. The van der Waals surface area contributed by atoms with E-state index in [1.165, 1.54) is 18.3 Å². The van der Waals surface area contributed by atoms with Gasteiger partial charge in [0.1, 0.15) is 11.5 Å². The first kappa shape index (κ1) is 25.7. The number of amides is 1. The molecule has 198 valence electrons. The van der Waals surface area contributed by atoms with Gasteiger partial charge in [0, 0.05) is 48.4 Å². The molecule has 0 radical (unpaired) electrons. The second-order valence-corrected chi connectivity index (χ2v) is 9.16. The monoisotopic (exact) mass is 526 g/mol. The van der Waals surface area contributed by atoms with E-state index in [0.29, 0.717) is 49.1 Å². The third-order valence-electron chi connectivity index (χ3n) is 6.15. The average Bonchev–Trinajstić information content (AvgIpc) is 2.94. The summed E-state index contributed by atoms with van der Waals surface area (Å²) in [6.45, 7) is 3.19. The molecule has 11 nitrogen and oxygen atoms in total. The van der Waals surface area contributed by atoms with Crippen molar-refractivity contribution in [2.75, 3.05) is 18.5 Å². The van der Waals surface area contributed by atoms with Crippen LogP contribution in [0.1, 0.15) is 29.3 Å². The van der Waals surface area contributed by atoms with Gasteiger partial charge in [0.15, 0.2) is 0 Å². The second-order valence-electron chi connectivity index (χ2n) is 9.16. The molecule has 11 heteroatoms. The highest BCUT2D eigenvalue weighted by Crippen LogP contribution is 2.32. The molecule has 2 aromatic heterocycles. The van der Waals surface area contributed by atoms with Gasteiger partial charge in [-0.15, -0.1) is 0 Å². The number of carbonyl (C=O) groups is 1. The van der Waals surface area contributed by atoms with Crippen molar-refractivity contribution in [2.24, 2.45) is 5.92 Å². The minimum Gasteiger partial charge on any atom is -0.455 e. The van der Waals surface area contributed by atoms with Gasteiger partial charge in [0.2, 0.25) is 5.95 Å². The number of hydrogen-bond donors (Lipinski definition) is 2.